The molecular weight excluding hydrogens is 266 g/mol. The minimum atomic E-state index is 0.0276. The molecule has 8 heteroatoms. The van der Waals surface area contributed by atoms with Gasteiger partial charge in [0.25, 0.3) is 0 Å². The van der Waals surface area contributed by atoms with Crippen LogP contribution in [0.1, 0.15) is 5.56 Å². The first-order valence-corrected chi connectivity index (χ1v) is 6.70. The van der Waals surface area contributed by atoms with E-state index in [0.717, 1.165) is 0 Å². The second kappa shape index (κ2) is 6.36. The fourth-order valence-corrected chi connectivity index (χ4v) is 2.29. The number of thioether (sulfide) groups is 1. The Morgan fingerprint density at radius 1 is 1.58 bits per heavy atom. The molecule has 1 saturated heterocycles. The van der Waals surface area contributed by atoms with E-state index in [4.69, 9.17) is 15.7 Å². The molecule has 7 nitrogen and oxygen atoms in total. The number of ether oxygens (including phenoxy) is 1. The van der Waals surface area contributed by atoms with Crippen LogP contribution in [0.15, 0.2) is 11.4 Å². The van der Waals surface area contributed by atoms with Crippen LogP contribution in [0.4, 0.5) is 5.82 Å². The molecule has 100 valence electrons. The monoisotopic (exact) mass is 279 g/mol. The normalized spacial score (nSPS) is 15.0. The molecule has 1 fully saturated rings. The van der Waals surface area contributed by atoms with E-state index in [-0.39, 0.29) is 23.0 Å². The summed E-state index contributed by atoms with van der Waals surface area (Å²) in [6, 6.07) is 1.89. The Hall–Kier alpha value is -1.85. The summed E-state index contributed by atoms with van der Waals surface area (Å²) >= 11 is 1.21. The third-order valence-electron chi connectivity index (χ3n) is 2.61. The summed E-state index contributed by atoms with van der Waals surface area (Å²) < 4.78 is 5.18. The van der Waals surface area contributed by atoms with E-state index in [0.29, 0.717) is 31.5 Å². The average molecular weight is 279 g/mol. The van der Waals surface area contributed by atoms with Crippen molar-refractivity contribution in [3.05, 3.63) is 11.8 Å². The summed E-state index contributed by atoms with van der Waals surface area (Å²) in [6.07, 6.45) is 1.36. The molecule has 1 aliphatic rings. The molecule has 0 aromatic carbocycles. The quantitative estimate of drug-likeness (QED) is 0.607. The van der Waals surface area contributed by atoms with E-state index < -0.39 is 0 Å². The molecular formula is C11H13N5O2S. The number of nitriles is 1. The molecule has 0 unspecified atom stereocenters. The lowest BCUT2D eigenvalue weighted by molar-refractivity contribution is -0.132. The molecule has 1 amide bonds. The van der Waals surface area contributed by atoms with Gasteiger partial charge in [-0.05, 0) is 0 Å². The van der Waals surface area contributed by atoms with E-state index >= 15 is 0 Å². The van der Waals surface area contributed by atoms with Crippen molar-refractivity contribution in [3.8, 4) is 6.07 Å². The summed E-state index contributed by atoms with van der Waals surface area (Å²) in [6.45, 7) is 2.40. The van der Waals surface area contributed by atoms with Gasteiger partial charge < -0.3 is 15.4 Å². The van der Waals surface area contributed by atoms with Crippen LogP contribution >= 0.6 is 11.8 Å². The van der Waals surface area contributed by atoms with Crippen molar-refractivity contribution in [1.82, 2.24) is 14.9 Å². The summed E-state index contributed by atoms with van der Waals surface area (Å²) in [5.41, 5.74) is 5.82. The van der Waals surface area contributed by atoms with Gasteiger partial charge in [0.15, 0.2) is 5.16 Å². The zero-order valence-corrected chi connectivity index (χ0v) is 11.0. The smallest absolute Gasteiger partial charge is 0.233 e. The van der Waals surface area contributed by atoms with Crippen LogP contribution in [0.5, 0.6) is 0 Å². The summed E-state index contributed by atoms with van der Waals surface area (Å²) in [5.74, 6) is 0.421. The van der Waals surface area contributed by atoms with Crippen LogP contribution in [0.3, 0.4) is 0 Å². The van der Waals surface area contributed by atoms with Crippen molar-refractivity contribution in [2.45, 2.75) is 5.16 Å². The maximum absolute atomic E-state index is 11.9. The Kier molecular flexibility index (Phi) is 4.54. The Labute approximate surface area is 114 Å². The Bertz CT molecular complexity index is 510. The number of nitrogens with zero attached hydrogens (tertiary/aromatic N) is 4. The Morgan fingerprint density at radius 3 is 2.95 bits per heavy atom. The lowest BCUT2D eigenvalue weighted by Crippen LogP contribution is -2.41. The molecule has 1 aromatic heterocycles. The maximum atomic E-state index is 11.9. The maximum Gasteiger partial charge on any atom is 0.233 e. The van der Waals surface area contributed by atoms with Gasteiger partial charge in [-0.15, -0.1) is 0 Å². The molecule has 0 spiro atoms. The largest absolute Gasteiger partial charge is 0.382 e. The lowest BCUT2D eigenvalue weighted by Gasteiger charge is -2.26. The van der Waals surface area contributed by atoms with Crippen molar-refractivity contribution in [2.75, 3.05) is 37.8 Å². The first kappa shape index (κ1) is 13.6. The SMILES string of the molecule is N#Cc1cnc(SCC(=O)N2CCOCC2)nc1N. The van der Waals surface area contributed by atoms with E-state index in [9.17, 15) is 4.79 Å². The predicted molar refractivity (Wildman–Crippen MR) is 69.3 cm³/mol. The van der Waals surface area contributed by atoms with Crippen LogP contribution in [0, 0.1) is 11.3 Å². The first-order chi connectivity index (χ1) is 9.20. The van der Waals surface area contributed by atoms with E-state index in [1.807, 2.05) is 6.07 Å². The average Bonchev–Trinajstić information content (AvgIpc) is 2.46. The topological polar surface area (TPSA) is 105 Å². The van der Waals surface area contributed by atoms with Gasteiger partial charge in [0.1, 0.15) is 17.5 Å². The molecule has 0 aliphatic carbocycles. The highest BCUT2D eigenvalue weighted by atomic mass is 32.2. The Morgan fingerprint density at radius 2 is 2.32 bits per heavy atom. The minimum Gasteiger partial charge on any atom is -0.382 e. The van der Waals surface area contributed by atoms with Crippen LogP contribution in [-0.2, 0) is 9.53 Å². The number of anilines is 1. The highest BCUT2D eigenvalue weighted by Gasteiger charge is 2.17. The van der Waals surface area contributed by atoms with Gasteiger partial charge >= 0.3 is 0 Å². The first-order valence-electron chi connectivity index (χ1n) is 5.71. The number of carbonyl (C=O) groups excluding carboxylic acids is 1. The number of amides is 1. The fraction of sp³-hybridized carbons (Fsp3) is 0.455. The Balaban J connectivity index is 1.89. The summed E-state index contributed by atoms with van der Waals surface area (Å²) in [4.78, 5) is 21.6. The highest BCUT2D eigenvalue weighted by Crippen LogP contribution is 2.16. The number of morpholine rings is 1. The van der Waals surface area contributed by atoms with E-state index in [1.54, 1.807) is 4.90 Å². The van der Waals surface area contributed by atoms with Crippen molar-refractivity contribution in [2.24, 2.45) is 0 Å². The van der Waals surface area contributed by atoms with Gasteiger partial charge in [-0.1, -0.05) is 11.8 Å². The number of hydrogen-bond donors (Lipinski definition) is 1. The molecule has 1 aliphatic heterocycles. The number of hydrogen-bond acceptors (Lipinski definition) is 7. The van der Waals surface area contributed by atoms with E-state index in [2.05, 4.69) is 9.97 Å². The number of carbonyl (C=O) groups is 1. The third kappa shape index (κ3) is 3.56. The van der Waals surface area contributed by atoms with Crippen LogP contribution in [-0.4, -0.2) is 52.8 Å². The highest BCUT2D eigenvalue weighted by molar-refractivity contribution is 7.99. The molecule has 0 saturated carbocycles. The molecule has 0 bridgehead atoms. The number of nitrogen functional groups attached to an aromatic ring is 1. The van der Waals surface area contributed by atoms with Crippen molar-refractivity contribution in [3.63, 3.8) is 0 Å². The van der Waals surface area contributed by atoms with Crippen LogP contribution in [0.25, 0.3) is 0 Å². The van der Waals surface area contributed by atoms with Gasteiger partial charge in [-0.3, -0.25) is 4.79 Å². The molecule has 0 radical (unpaired) electrons. The molecule has 2 heterocycles. The second-order valence-electron chi connectivity index (χ2n) is 3.85. The summed E-state index contributed by atoms with van der Waals surface area (Å²) in [7, 11) is 0. The summed E-state index contributed by atoms with van der Waals surface area (Å²) in [5, 5.41) is 9.11. The fourth-order valence-electron chi connectivity index (χ4n) is 1.56. The zero-order valence-electron chi connectivity index (χ0n) is 10.2. The lowest BCUT2D eigenvalue weighted by atomic mass is 10.3. The van der Waals surface area contributed by atoms with E-state index in [1.165, 1.54) is 18.0 Å². The van der Waals surface area contributed by atoms with Gasteiger partial charge in [0.2, 0.25) is 5.91 Å². The van der Waals surface area contributed by atoms with Gasteiger partial charge in [-0.25, -0.2) is 9.97 Å². The van der Waals surface area contributed by atoms with Crippen molar-refractivity contribution in [1.29, 1.82) is 5.26 Å². The molecule has 2 N–H and O–H groups in total. The van der Waals surface area contributed by atoms with Gasteiger partial charge in [-0.2, -0.15) is 5.26 Å². The number of nitrogens with two attached hydrogens (primary N) is 1. The minimum absolute atomic E-state index is 0.0276. The van der Waals surface area contributed by atoms with Crippen molar-refractivity contribution < 1.29 is 9.53 Å². The molecule has 2 rings (SSSR count). The molecule has 19 heavy (non-hydrogen) atoms. The molecule has 0 atom stereocenters. The van der Waals surface area contributed by atoms with Crippen LogP contribution < -0.4 is 5.73 Å². The second-order valence-corrected chi connectivity index (χ2v) is 4.79. The predicted octanol–water partition coefficient (Wildman–Crippen LogP) is -0.119. The van der Waals surface area contributed by atoms with Crippen LogP contribution in [0.2, 0.25) is 0 Å². The van der Waals surface area contributed by atoms with Gasteiger partial charge in [0.05, 0.1) is 25.2 Å². The standard InChI is InChI=1S/C11H13N5O2S/c12-5-8-6-14-11(15-10(8)13)19-7-9(17)16-1-3-18-4-2-16/h6H,1-4,7H2,(H2,13,14,15). The van der Waals surface area contributed by atoms with Crippen molar-refractivity contribution >= 4 is 23.5 Å². The molecule has 1 aromatic rings. The van der Waals surface area contributed by atoms with Gasteiger partial charge in [0, 0.05) is 13.1 Å². The number of rotatable bonds is 3. The third-order valence-corrected chi connectivity index (χ3v) is 3.45. The number of aromatic nitrogens is 2. The zero-order chi connectivity index (χ0) is 13.7.